The highest BCUT2D eigenvalue weighted by molar-refractivity contribution is 6.34. The quantitative estimate of drug-likeness (QED) is 0.801. The number of nitrogens with one attached hydrogen (secondary N) is 1. The molecule has 0 spiro atoms. The fourth-order valence-electron chi connectivity index (χ4n) is 1.06. The maximum Gasteiger partial charge on any atom is 0.295 e. The van der Waals surface area contributed by atoms with Crippen molar-refractivity contribution in [3.8, 4) is 6.01 Å². The standard InChI is InChI=1S/C8H8ClN3O/c1-2-13-8-11-6-5(9)3-4-10-7(6)12-8/h3-4H,2H2,1H3,(H,10,11,12). The number of aromatic amines is 1. The number of aromatic nitrogens is 3. The van der Waals surface area contributed by atoms with Crippen LogP contribution in [0.25, 0.3) is 11.2 Å². The predicted octanol–water partition coefficient (Wildman–Crippen LogP) is 2.01. The summed E-state index contributed by atoms with van der Waals surface area (Å²) in [4.78, 5) is 11.1. The Bertz CT molecular complexity index is 426. The number of imidazole rings is 1. The van der Waals surface area contributed by atoms with E-state index in [2.05, 4.69) is 15.0 Å². The van der Waals surface area contributed by atoms with Gasteiger partial charge in [0.1, 0.15) is 5.52 Å². The number of fused-ring (bicyclic) bond motifs is 1. The van der Waals surface area contributed by atoms with Crippen LogP contribution in [0.4, 0.5) is 0 Å². The molecule has 68 valence electrons. The molecule has 0 unspecified atom stereocenters. The first-order valence-corrected chi connectivity index (χ1v) is 4.32. The van der Waals surface area contributed by atoms with Crippen molar-refractivity contribution in [2.24, 2.45) is 0 Å². The molecule has 2 aromatic heterocycles. The Labute approximate surface area is 79.9 Å². The number of H-pyrrole nitrogens is 1. The number of halogens is 1. The van der Waals surface area contributed by atoms with E-state index in [1.54, 1.807) is 12.3 Å². The Morgan fingerprint density at radius 1 is 1.62 bits per heavy atom. The van der Waals surface area contributed by atoms with E-state index >= 15 is 0 Å². The second-order valence-corrected chi connectivity index (χ2v) is 2.87. The summed E-state index contributed by atoms with van der Waals surface area (Å²) in [6, 6.07) is 2.15. The molecule has 5 heteroatoms. The zero-order valence-electron chi connectivity index (χ0n) is 7.04. The van der Waals surface area contributed by atoms with Crippen LogP contribution >= 0.6 is 11.6 Å². The fraction of sp³-hybridized carbons (Fsp3) is 0.250. The van der Waals surface area contributed by atoms with E-state index in [9.17, 15) is 0 Å². The van der Waals surface area contributed by atoms with Crippen molar-refractivity contribution in [1.29, 1.82) is 0 Å². The van der Waals surface area contributed by atoms with Gasteiger partial charge in [-0.15, -0.1) is 0 Å². The lowest BCUT2D eigenvalue weighted by molar-refractivity contribution is 0.317. The van der Waals surface area contributed by atoms with Crippen molar-refractivity contribution in [2.45, 2.75) is 6.92 Å². The topological polar surface area (TPSA) is 50.8 Å². The zero-order valence-corrected chi connectivity index (χ0v) is 7.80. The lowest BCUT2D eigenvalue weighted by Gasteiger charge is -1.92. The monoisotopic (exact) mass is 197 g/mol. The highest BCUT2D eigenvalue weighted by Crippen LogP contribution is 2.21. The van der Waals surface area contributed by atoms with Crippen molar-refractivity contribution >= 4 is 22.8 Å². The SMILES string of the molecule is CCOc1nc2c(Cl)ccnc2[nH]1. The Hall–Kier alpha value is -1.29. The molecule has 0 radical (unpaired) electrons. The van der Waals surface area contributed by atoms with Crippen molar-refractivity contribution in [3.63, 3.8) is 0 Å². The van der Waals surface area contributed by atoms with Crippen LogP contribution in [0, 0.1) is 0 Å². The average molecular weight is 198 g/mol. The Morgan fingerprint density at radius 3 is 3.15 bits per heavy atom. The van der Waals surface area contributed by atoms with Crippen LogP contribution in [-0.4, -0.2) is 21.6 Å². The summed E-state index contributed by atoms with van der Waals surface area (Å²) >= 11 is 5.89. The molecule has 0 saturated carbocycles. The molecule has 13 heavy (non-hydrogen) atoms. The molecule has 2 rings (SSSR count). The lowest BCUT2D eigenvalue weighted by atomic mass is 10.4. The molecular weight excluding hydrogens is 190 g/mol. The average Bonchev–Trinajstić information content (AvgIpc) is 2.49. The second-order valence-electron chi connectivity index (χ2n) is 2.46. The molecule has 4 nitrogen and oxygen atoms in total. The molecular formula is C8H8ClN3O. The highest BCUT2D eigenvalue weighted by atomic mass is 35.5. The molecule has 2 aromatic rings. The molecule has 0 aliphatic rings. The third-order valence-corrected chi connectivity index (χ3v) is 1.90. The van der Waals surface area contributed by atoms with Crippen LogP contribution < -0.4 is 4.74 Å². The van der Waals surface area contributed by atoms with E-state index in [0.29, 0.717) is 28.8 Å². The van der Waals surface area contributed by atoms with Gasteiger partial charge in [0.15, 0.2) is 5.65 Å². The molecule has 0 saturated heterocycles. The maximum atomic E-state index is 5.89. The van der Waals surface area contributed by atoms with Gasteiger partial charge in [-0.2, -0.15) is 4.98 Å². The van der Waals surface area contributed by atoms with Gasteiger partial charge >= 0.3 is 0 Å². The fourth-order valence-corrected chi connectivity index (χ4v) is 1.25. The Balaban J connectivity index is 2.55. The zero-order chi connectivity index (χ0) is 9.26. The summed E-state index contributed by atoms with van der Waals surface area (Å²) in [5, 5.41) is 0.576. The molecule has 0 aliphatic heterocycles. The number of hydrogen-bond acceptors (Lipinski definition) is 3. The van der Waals surface area contributed by atoms with Crippen molar-refractivity contribution in [2.75, 3.05) is 6.61 Å². The number of rotatable bonds is 2. The molecule has 0 fully saturated rings. The number of hydrogen-bond donors (Lipinski definition) is 1. The van der Waals surface area contributed by atoms with Crippen molar-refractivity contribution < 1.29 is 4.74 Å². The molecule has 0 aromatic carbocycles. The summed E-state index contributed by atoms with van der Waals surface area (Å²) in [7, 11) is 0. The van der Waals surface area contributed by atoms with Crippen molar-refractivity contribution in [3.05, 3.63) is 17.3 Å². The lowest BCUT2D eigenvalue weighted by Crippen LogP contribution is -1.92. The minimum Gasteiger partial charge on any atom is -0.465 e. The van der Waals surface area contributed by atoms with Gasteiger partial charge in [0.25, 0.3) is 6.01 Å². The van der Waals surface area contributed by atoms with Crippen LogP contribution in [-0.2, 0) is 0 Å². The molecule has 1 N–H and O–H groups in total. The van der Waals surface area contributed by atoms with E-state index in [1.807, 2.05) is 6.92 Å². The summed E-state index contributed by atoms with van der Waals surface area (Å²) < 4.78 is 5.18. The molecule has 0 bridgehead atoms. The Morgan fingerprint density at radius 2 is 2.46 bits per heavy atom. The van der Waals surface area contributed by atoms with Gasteiger partial charge in [0.05, 0.1) is 11.6 Å². The van der Waals surface area contributed by atoms with Crippen LogP contribution in [0.5, 0.6) is 6.01 Å². The second kappa shape index (κ2) is 3.22. The predicted molar refractivity (Wildman–Crippen MR) is 50.1 cm³/mol. The normalized spacial score (nSPS) is 10.6. The third kappa shape index (κ3) is 1.45. The highest BCUT2D eigenvalue weighted by Gasteiger charge is 2.06. The first-order chi connectivity index (χ1) is 6.31. The van der Waals surface area contributed by atoms with Crippen LogP contribution in [0.15, 0.2) is 12.3 Å². The largest absolute Gasteiger partial charge is 0.465 e. The maximum absolute atomic E-state index is 5.89. The molecule has 2 heterocycles. The molecule has 0 atom stereocenters. The van der Waals surface area contributed by atoms with E-state index in [-0.39, 0.29) is 0 Å². The van der Waals surface area contributed by atoms with Crippen molar-refractivity contribution in [1.82, 2.24) is 15.0 Å². The van der Waals surface area contributed by atoms with Crippen LogP contribution in [0.2, 0.25) is 5.02 Å². The van der Waals surface area contributed by atoms with E-state index in [1.165, 1.54) is 0 Å². The smallest absolute Gasteiger partial charge is 0.295 e. The molecule has 0 aliphatic carbocycles. The van der Waals surface area contributed by atoms with Gasteiger partial charge < -0.3 is 4.74 Å². The summed E-state index contributed by atoms with van der Waals surface area (Å²) in [6.07, 6.45) is 1.62. The van der Waals surface area contributed by atoms with Gasteiger partial charge in [0, 0.05) is 6.20 Å². The van der Waals surface area contributed by atoms with E-state index < -0.39 is 0 Å². The van der Waals surface area contributed by atoms with Gasteiger partial charge in [0.2, 0.25) is 0 Å². The first-order valence-electron chi connectivity index (χ1n) is 3.94. The van der Waals surface area contributed by atoms with E-state index in [0.717, 1.165) is 0 Å². The first kappa shape index (κ1) is 8.31. The minimum absolute atomic E-state index is 0.457. The van der Waals surface area contributed by atoms with Gasteiger partial charge in [-0.05, 0) is 13.0 Å². The minimum atomic E-state index is 0.457. The van der Waals surface area contributed by atoms with E-state index in [4.69, 9.17) is 16.3 Å². The summed E-state index contributed by atoms with van der Waals surface area (Å²) in [6.45, 7) is 2.46. The number of ether oxygens (including phenoxy) is 1. The van der Waals surface area contributed by atoms with Crippen LogP contribution in [0.3, 0.4) is 0 Å². The van der Waals surface area contributed by atoms with Gasteiger partial charge in [-0.25, -0.2) is 4.98 Å². The number of pyridine rings is 1. The van der Waals surface area contributed by atoms with Gasteiger partial charge in [-0.3, -0.25) is 4.98 Å². The third-order valence-electron chi connectivity index (χ3n) is 1.59. The molecule has 0 amide bonds. The van der Waals surface area contributed by atoms with Gasteiger partial charge in [-0.1, -0.05) is 11.6 Å². The van der Waals surface area contributed by atoms with Crippen LogP contribution in [0.1, 0.15) is 6.92 Å². The summed E-state index contributed by atoms with van der Waals surface area (Å²) in [5.74, 6) is 0. The summed E-state index contributed by atoms with van der Waals surface area (Å²) in [5.41, 5.74) is 1.29. The Kier molecular flexibility index (Phi) is 2.06. The number of nitrogens with zero attached hydrogens (tertiary/aromatic N) is 2.